The average molecular weight is 150 g/mol. The average Bonchev–Trinajstić information content (AvgIpc) is 2.15. The third kappa shape index (κ3) is 2.90. The number of hydrogen-bond donors (Lipinski definition) is 0. The van der Waals surface area contributed by atoms with Crippen LogP contribution < -0.4 is 34.7 Å². The Balaban J connectivity index is 0.000000810. The summed E-state index contributed by atoms with van der Waals surface area (Å²) < 4.78 is 1.06. The van der Waals surface area contributed by atoms with E-state index in [-0.39, 0.29) is 36.1 Å². The van der Waals surface area contributed by atoms with E-state index in [1.165, 1.54) is 6.33 Å². The molecular weight excluding hydrogens is 147 g/mol. The van der Waals surface area contributed by atoms with E-state index in [0.717, 1.165) is 4.68 Å². The topological polar surface area (TPSA) is 83.7 Å². The van der Waals surface area contributed by atoms with Gasteiger partial charge in [0.1, 0.15) is 6.33 Å². The van der Waals surface area contributed by atoms with Crippen molar-refractivity contribution in [3.05, 3.63) is 6.33 Å². The first-order chi connectivity index (χ1) is 4.29. The molecular formula is C3H3N4NaO2. The second-order valence-electron chi connectivity index (χ2n) is 1.38. The molecule has 6 nitrogen and oxygen atoms in total. The predicted octanol–water partition coefficient (Wildman–Crippen LogP) is -5.57. The molecule has 1 aromatic heterocycles. The molecule has 7 heteroatoms. The van der Waals surface area contributed by atoms with Crippen LogP contribution >= 0.6 is 0 Å². The molecule has 0 N–H and O–H groups in total. The van der Waals surface area contributed by atoms with E-state index in [9.17, 15) is 9.90 Å². The monoisotopic (exact) mass is 150 g/mol. The van der Waals surface area contributed by atoms with Gasteiger partial charge in [0.05, 0.1) is 12.5 Å². The predicted molar refractivity (Wildman–Crippen MR) is 22.8 cm³/mol. The van der Waals surface area contributed by atoms with Crippen LogP contribution in [0.3, 0.4) is 0 Å². The second kappa shape index (κ2) is 4.37. The van der Waals surface area contributed by atoms with Gasteiger partial charge in [-0.3, -0.25) is 0 Å². The Hall–Kier alpha value is -0.460. The first-order valence-electron chi connectivity index (χ1n) is 2.19. The van der Waals surface area contributed by atoms with Gasteiger partial charge in [-0.25, -0.2) is 4.68 Å². The van der Waals surface area contributed by atoms with E-state index >= 15 is 0 Å². The fraction of sp³-hybridized carbons (Fsp3) is 0.333. The van der Waals surface area contributed by atoms with Gasteiger partial charge in [-0.05, 0) is 10.4 Å². The molecule has 10 heavy (non-hydrogen) atoms. The van der Waals surface area contributed by atoms with Crippen molar-refractivity contribution in [3.63, 3.8) is 0 Å². The van der Waals surface area contributed by atoms with Gasteiger partial charge in [0.15, 0.2) is 0 Å². The molecule has 0 spiro atoms. The third-order valence-electron chi connectivity index (χ3n) is 0.683. The first kappa shape index (κ1) is 9.54. The quantitative estimate of drug-likeness (QED) is 0.392. The number of tetrazole rings is 1. The van der Waals surface area contributed by atoms with Crippen molar-refractivity contribution in [1.82, 2.24) is 20.2 Å². The molecule has 0 radical (unpaired) electrons. The van der Waals surface area contributed by atoms with Crippen LogP contribution in [-0.4, -0.2) is 26.2 Å². The summed E-state index contributed by atoms with van der Waals surface area (Å²) in [7, 11) is 0. The molecule has 1 heterocycles. The molecule has 0 fully saturated rings. The summed E-state index contributed by atoms with van der Waals surface area (Å²) in [5.41, 5.74) is 0. The van der Waals surface area contributed by atoms with Crippen molar-refractivity contribution < 1.29 is 39.5 Å². The molecule has 1 aromatic rings. The summed E-state index contributed by atoms with van der Waals surface area (Å²) in [6.07, 6.45) is 1.20. The van der Waals surface area contributed by atoms with E-state index in [4.69, 9.17) is 0 Å². The van der Waals surface area contributed by atoms with E-state index < -0.39 is 5.97 Å². The summed E-state index contributed by atoms with van der Waals surface area (Å²) in [4.78, 5) is 9.84. The van der Waals surface area contributed by atoms with Crippen LogP contribution in [0.2, 0.25) is 0 Å². The number of carboxylic acid groups (broad SMARTS) is 1. The third-order valence-corrected chi connectivity index (χ3v) is 0.683. The van der Waals surface area contributed by atoms with Gasteiger partial charge in [-0.15, -0.1) is 5.10 Å². The summed E-state index contributed by atoms with van der Waals surface area (Å²) in [5.74, 6) is -1.21. The van der Waals surface area contributed by atoms with Gasteiger partial charge < -0.3 is 9.90 Å². The summed E-state index contributed by atoms with van der Waals surface area (Å²) >= 11 is 0. The molecule has 48 valence electrons. The van der Waals surface area contributed by atoms with Crippen LogP contribution in [0.4, 0.5) is 0 Å². The maximum Gasteiger partial charge on any atom is 1.00 e. The molecule has 0 unspecified atom stereocenters. The van der Waals surface area contributed by atoms with E-state index in [2.05, 4.69) is 15.5 Å². The first-order valence-corrected chi connectivity index (χ1v) is 2.19. The summed E-state index contributed by atoms with van der Waals surface area (Å²) in [5, 5.41) is 19.6. The molecule has 0 saturated carbocycles. The number of carbonyl (C=O) groups is 1. The van der Waals surface area contributed by atoms with E-state index in [1.54, 1.807) is 0 Å². The zero-order valence-corrected chi connectivity index (χ0v) is 7.39. The minimum atomic E-state index is -1.21. The molecule has 0 atom stereocenters. The number of carbonyl (C=O) groups excluding carboxylic acids is 1. The minimum absolute atomic E-state index is 0. The van der Waals surface area contributed by atoms with Crippen molar-refractivity contribution in [2.75, 3.05) is 0 Å². The van der Waals surface area contributed by atoms with Gasteiger partial charge in [0.25, 0.3) is 0 Å². The Morgan fingerprint density at radius 3 is 2.80 bits per heavy atom. The Morgan fingerprint density at radius 2 is 2.40 bits per heavy atom. The summed E-state index contributed by atoms with van der Waals surface area (Å²) in [6.45, 7) is -0.299. The molecule has 0 saturated heterocycles. The Labute approximate surface area is 78.5 Å². The Morgan fingerprint density at radius 1 is 1.70 bits per heavy atom. The van der Waals surface area contributed by atoms with E-state index in [0.29, 0.717) is 0 Å². The minimum Gasteiger partial charge on any atom is -0.548 e. The van der Waals surface area contributed by atoms with Crippen molar-refractivity contribution in [2.45, 2.75) is 6.54 Å². The number of carboxylic acids is 1. The second-order valence-corrected chi connectivity index (χ2v) is 1.38. The number of nitrogens with zero attached hydrogens (tertiary/aromatic N) is 4. The smallest absolute Gasteiger partial charge is 0.548 e. The van der Waals surface area contributed by atoms with Crippen molar-refractivity contribution in [2.24, 2.45) is 0 Å². The van der Waals surface area contributed by atoms with Crippen LogP contribution in [0.25, 0.3) is 0 Å². The van der Waals surface area contributed by atoms with Crippen LogP contribution in [-0.2, 0) is 11.3 Å². The maximum absolute atomic E-state index is 9.84. The van der Waals surface area contributed by atoms with Crippen LogP contribution in [0.1, 0.15) is 0 Å². The number of aliphatic carboxylic acids is 1. The van der Waals surface area contributed by atoms with Crippen LogP contribution in [0.15, 0.2) is 6.33 Å². The van der Waals surface area contributed by atoms with Gasteiger partial charge >= 0.3 is 29.6 Å². The standard InChI is InChI=1S/C3H4N4O2.Na/c8-3(9)1-7-2-4-5-6-7;/h2H,1H2,(H,8,9);/q;+1/p-1. The van der Waals surface area contributed by atoms with Crippen LogP contribution in [0.5, 0.6) is 0 Å². The fourth-order valence-corrected chi connectivity index (χ4v) is 0.385. The fourth-order valence-electron chi connectivity index (χ4n) is 0.385. The van der Waals surface area contributed by atoms with E-state index in [1.807, 2.05) is 0 Å². The summed E-state index contributed by atoms with van der Waals surface area (Å²) in [6, 6.07) is 0. The SMILES string of the molecule is O=C([O-])Cn1cnnn1.[Na+]. The Bertz CT molecular complexity index is 198. The molecule has 0 aliphatic heterocycles. The largest absolute Gasteiger partial charge is 1.00 e. The number of hydrogen-bond acceptors (Lipinski definition) is 5. The number of aromatic nitrogens is 4. The van der Waals surface area contributed by atoms with Crippen molar-refractivity contribution in [1.29, 1.82) is 0 Å². The zero-order chi connectivity index (χ0) is 6.69. The molecule has 0 aliphatic rings. The van der Waals surface area contributed by atoms with Crippen LogP contribution in [0, 0.1) is 0 Å². The van der Waals surface area contributed by atoms with Gasteiger partial charge in [0.2, 0.25) is 0 Å². The molecule has 0 aliphatic carbocycles. The number of rotatable bonds is 2. The van der Waals surface area contributed by atoms with Gasteiger partial charge in [-0.2, -0.15) is 0 Å². The van der Waals surface area contributed by atoms with Gasteiger partial charge in [-0.1, -0.05) is 0 Å². The Kier molecular flexibility index (Phi) is 4.17. The zero-order valence-electron chi connectivity index (χ0n) is 5.39. The molecule has 0 bridgehead atoms. The van der Waals surface area contributed by atoms with Crippen molar-refractivity contribution >= 4 is 5.97 Å². The molecule has 0 aromatic carbocycles. The maximum atomic E-state index is 9.84. The van der Waals surface area contributed by atoms with Gasteiger partial charge in [0, 0.05) is 0 Å². The molecule has 0 amide bonds. The van der Waals surface area contributed by atoms with Crippen molar-refractivity contribution in [3.8, 4) is 0 Å². The normalized spacial score (nSPS) is 8.40. The molecule has 1 rings (SSSR count).